The Hall–Kier alpha value is -1.49. The highest BCUT2D eigenvalue weighted by Gasteiger charge is 2.26. The number of hydrogen-bond acceptors (Lipinski definition) is 2. The van der Waals surface area contributed by atoms with Gasteiger partial charge >= 0.3 is 0 Å². The minimum absolute atomic E-state index is 0.116. The molecule has 0 aromatic heterocycles. The smallest absolute Gasteiger partial charge is 0.224 e. The van der Waals surface area contributed by atoms with Crippen LogP contribution in [-0.4, -0.2) is 23.9 Å². The summed E-state index contributed by atoms with van der Waals surface area (Å²) in [5.41, 5.74) is 6.40. The van der Waals surface area contributed by atoms with Crippen molar-refractivity contribution in [2.45, 2.75) is 46.2 Å². The highest BCUT2D eigenvalue weighted by molar-refractivity contribution is 5.77. The lowest BCUT2D eigenvalue weighted by atomic mass is 9.85. The summed E-state index contributed by atoms with van der Waals surface area (Å²) in [6.45, 7) is 7.70. The van der Waals surface area contributed by atoms with Crippen molar-refractivity contribution in [1.29, 1.82) is 0 Å². The van der Waals surface area contributed by atoms with E-state index < -0.39 is 11.6 Å². The van der Waals surface area contributed by atoms with Crippen LogP contribution in [-0.2, 0) is 4.79 Å². The minimum atomic E-state index is -0.911. The Balaban J connectivity index is 2.79. The van der Waals surface area contributed by atoms with Crippen LogP contribution in [0.15, 0.2) is 18.2 Å². The monoisotopic (exact) mass is 298 g/mol. The Labute approximate surface area is 125 Å². The van der Waals surface area contributed by atoms with Crippen molar-refractivity contribution < 1.29 is 13.6 Å². The van der Waals surface area contributed by atoms with E-state index in [1.807, 2.05) is 20.8 Å². The highest BCUT2D eigenvalue weighted by Crippen LogP contribution is 2.24. The van der Waals surface area contributed by atoms with Crippen molar-refractivity contribution in [1.82, 2.24) is 4.90 Å². The fourth-order valence-corrected chi connectivity index (χ4v) is 1.85. The number of benzene rings is 1. The Morgan fingerprint density at radius 1 is 1.29 bits per heavy atom. The minimum Gasteiger partial charge on any atom is -0.339 e. The summed E-state index contributed by atoms with van der Waals surface area (Å²) in [6, 6.07) is 3.06. The van der Waals surface area contributed by atoms with Crippen LogP contribution in [0.2, 0.25) is 0 Å². The van der Waals surface area contributed by atoms with Gasteiger partial charge in [-0.05, 0) is 30.0 Å². The zero-order valence-electron chi connectivity index (χ0n) is 13.3. The molecule has 2 atom stereocenters. The summed E-state index contributed by atoms with van der Waals surface area (Å²) in [4.78, 5) is 13.8. The maximum absolute atomic E-state index is 13.3. The molecule has 2 N–H and O–H groups in total. The van der Waals surface area contributed by atoms with E-state index >= 15 is 0 Å². The molecule has 3 nitrogen and oxygen atoms in total. The second-order valence-electron chi connectivity index (χ2n) is 6.53. The predicted octanol–water partition coefficient (Wildman–Crippen LogP) is 3.25. The maximum atomic E-state index is 13.3. The number of hydrogen-bond donors (Lipinski definition) is 1. The van der Waals surface area contributed by atoms with E-state index in [4.69, 9.17) is 5.73 Å². The molecule has 0 fully saturated rings. The predicted molar refractivity (Wildman–Crippen MR) is 79.6 cm³/mol. The van der Waals surface area contributed by atoms with Crippen LogP contribution in [0.25, 0.3) is 0 Å². The van der Waals surface area contributed by atoms with E-state index in [-0.39, 0.29) is 29.8 Å². The molecule has 0 saturated heterocycles. The highest BCUT2D eigenvalue weighted by atomic mass is 19.2. The van der Waals surface area contributed by atoms with E-state index in [1.54, 1.807) is 14.0 Å². The fourth-order valence-electron chi connectivity index (χ4n) is 1.85. The van der Waals surface area contributed by atoms with Crippen molar-refractivity contribution in [2.75, 3.05) is 7.05 Å². The van der Waals surface area contributed by atoms with Gasteiger partial charge in [0.15, 0.2) is 11.6 Å². The largest absolute Gasteiger partial charge is 0.339 e. The van der Waals surface area contributed by atoms with Gasteiger partial charge in [-0.3, -0.25) is 4.79 Å². The summed E-state index contributed by atoms with van der Waals surface area (Å²) in [5, 5.41) is 0. The number of nitrogens with two attached hydrogens (primary N) is 1. The standard InChI is InChI=1S/C16H24F2N2O/c1-10(11-6-7-12(17)13(18)8-11)20(5)15(21)9-14(19)16(2,3)4/h6-8,10,14H,9,19H2,1-5H3. The van der Waals surface area contributed by atoms with Crippen LogP contribution >= 0.6 is 0 Å². The normalized spacial score (nSPS) is 14.7. The lowest BCUT2D eigenvalue weighted by molar-refractivity contribution is -0.132. The second-order valence-corrected chi connectivity index (χ2v) is 6.53. The van der Waals surface area contributed by atoms with Gasteiger partial charge in [0.2, 0.25) is 5.91 Å². The summed E-state index contributed by atoms with van der Waals surface area (Å²) in [5.74, 6) is -1.92. The summed E-state index contributed by atoms with van der Waals surface area (Å²) >= 11 is 0. The molecule has 0 aliphatic rings. The topological polar surface area (TPSA) is 46.3 Å². The van der Waals surface area contributed by atoms with Crippen molar-refractivity contribution >= 4 is 5.91 Å². The zero-order chi connectivity index (χ0) is 16.4. The van der Waals surface area contributed by atoms with E-state index in [1.165, 1.54) is 11.0 Å². The number of amides is 1. The van der Waals surface area contributed by atoms with Crippen molar-refractivity contribution in [3.63, 3.8) is 0 Å². The lowest BCUT2D eigenvalue weighted by Gasteiger charge is -2.31. The summed E-state index contributed by atoms with van der Waals surface area (Å²) in [7, 11) is 1.64. The molecule has 1 aromatic carbocycles. The molecule has 0 spiro atoms. The molecule has 0 aliphatic heterocycles. The number of rotatable bonds is 4. The molecule has 118 valence electrons. The Morgan fingerprint density at radius 2 is 1.86 bits per heavy atom. The van der Waals surface area contributed by atoms with Crippen molar-refractivity contribution in [2.24, 2.45) is 11.1 Å². The van der Waals surface area contributed by atoms with Crippen LogP contribution in [0.3, 0.4) is 0 Å². The van der Waals surface area contributed by atoms with E-state index in [2.05, 4.69) is 0 Å². The van der Waals surface area contributed by atoms with Gasteiger partial charge in [-0.2, -0.15) is 0 Å². The molecule has 1 amide bonds. The third-order valence-corrected chi connectivity index (χ3v) is 3.91. The van der Waals surface area contributed by atoms with Gasteiger partial charge in [0.05, 0.1) is 6.04 Å². The molecule has 0 aliphatic carbocycles. The summed E-state index contributed by atoms with van der Waals surface area (Å²) in [6.07, 6.45) is 0.216. The van der Waals surface area contributed by atoms with Gasteiger partial charge in [0.1, 0.15) is 0 Å². The number of halogens is 2. The molecule has 0 heterocycles. The number of carbonyl (C=O) groups is 1. The first-order chi connectivity index (χ1) is 9.54. The van der Waals surface area contributed by atoms with Gasteiger partial charge in [-0.25, -0.2) is 8.78 Å². The van der Waals surface area contributed by atoms with Crippen molar-refractivity contribution in [3.05, 3.63) is 35.4 Å². The van der Waals surface area contributed by atoms with Crippen LogP contribution in [0.1, 0.15) is 45.7 Å². The molecule has 0 radical (unpaired) electrons. The second kappa shape index (κ2) is 6.52. The quantitative estimate of drug-likeness (QED) is 0.927. The van der Waals surface area contributed by atoms with Gasteiger partial charge in [-0.1, -0.05) is 26.8 Å². The zero-order valence-corrected chi connectivity index (χ0v) is 13.3. The summed E-state index contributed by atoms with van der Waals surface area (Å²) < 4.78 is 26.2. The molecular formula is C16H24F2N2O. The molecule has 1 rings (SSSR count). The molecule has 0 saturated carbocycles. The molecule has 2 unspecified atom stereocenters. The van der Waals surface area contributed by atoms with Crippen LogP contribution in [0.5, 0.6) is 0 Å². The Morgan fingerprint density at radius 3 is 2.33 bits per heavy atom. The molecule has 1 aromatic rings. The van der Waals surface area contributed by atoms with Crippen LogP contribution in [0.4, 0.5) is 8.78 Å². The third-order valence-electron chi connectivity index (χ3n) is 3.91. The third kappa shape index (κ3) is 4.49. The van der Waals surface area contributed by atoms with Gasteiger partial charge in [0.25, 0.3) is 0 Å². The Bertz CT molecular complexity index is 511. The van der Waals surface area contributed by atoms with Gasteiger partial charge < -0.3 is 10.6 Å². The number of carbonyl (C=O) groups excluding carboxylic acids is 1. The van der Waals surface area contributed by atoms with E-state index in [0.29, 0.717) is 5.56 Å². The molecular weight excluding hydrogens is 274 g/mol. The van der Waals surface area contributed by atoms with Gasteiger partial charge in [0, 0.05) is 19.5 Å². The molecule has 5 heteroatoms. The van der Waals surface area contributed by atoms with Crippen molar-refractivity contribution in [3.8, 4) is 0 Å². The lowest BCUT2D eigenvalue weighted by Crippen LogP contribution is -2.41. The van der Waals surface area contributed by atoms with Crippen LogP contribution < -0.4 is 5.73 Å². The molecule has 21 heavy (non-hydrogen) atoms. The first kappa shape index (κ1) is 17.6. The van der Waals surface area contributed by atoms with Gasteiger partial charge in [-0.15, -0.1) is 0 Å². The average Bonchev–Trinajstić information content (AvgIpc) is 2.39. The Kier molecular flexibility index (Phi) is 5.45. The first-order valence-corrected chi connectivity index (χ1v) is 7.00. The first-order valence-electron chi connectivity index (χ1n) is 7.00. The van der Waals surface area contributed by atoms with Crippen LogP contribution in [0, 0.1) is 17.0 Å². The number of nitrogens with zero attached hydrogens (tertiary/aromatic N) is 1. The molecule has 0 bridgehead atoms. The fraction of sp³-hybridized carbons (Fsp3) is 0.562. The SMILES string of the molecule is CC(c1ccc(F)c(F)c1)N(C)C(=O)CC(N)C(C)(C)C. The maximum Gasteiger partial charge on any atom is 0.224 e. The average molecular weight is 298 g/mol. The van der Waals surface area contributed by atoms with E-state index in [9.17, 15) is 13.6 Å². The van der Waals surface area contributed by atoms with E-state index in [0.717, 1.165) is 12.1 Å².